The number of esters is 1. The Kier molecular flexibility index (Phi) is 4.89. The first kappa shape index (κ1) is 19.0. The monoisotopic (exact) mass is 392 g/mol. The van der Waals surface area contributed by atoms with E-state index >= 15 is 0 Å². The molecule has 0 radical (unpaired) electrons. The summed E-state index contributed by atoms with van der Waals surface area (Å²) in [4.78, 5) is 40.1. The molecule has 1 unspecified atom stereocenters. The first-order chi connectivity index (χ1) is 13.5. The second-order valence-electron chi connectivity index (χ2n) is 7.72. The van der Waals surface area contributed by atoms with Gasteiger partial charge in [-0.2, -0.15) is 0 Å². The second-order valence-corrected chi connectivity index (χ2v) is 7.72. The number of alkyl halides is 1. The molecule has 1 aromatic rings. The molecule has 7 nitrogen and oxygen atoms in total. The van der Waals surface area contributed by atoms with E-state index in [4.69, 9.17) is 9.47 Å². The molecule has 1 saturated carbocycles. The zero-order valence-electron chi connectivity index (χ0n) is 16.2. The molecule has 1 aromatic heterocycles. The van der Waals surface area contributed by atoms with Crippen LogP contribution in [0.25, 0.3) is 0 Å². The number of hydrogen-bond donors (Lipinski definition) is 0. The van der Waals surface area contributed by atoms with Crippen molar-refractivity contribution in [2.45, 2.75) is 64.3 Å². The lowest BCUT2D eigenvalue weighted by molar-refractivity contribution is 0.0310. The van der Waals surface area contributed by atoms with Crippen molar-refractivity contribution in [3.8, 4) is 5.75 Å². The Morgan fingerprint density at radius 2 is 2.04 bits per heavy atom. The number of pyridine rings is 1. The molecule has 2 aliphatic heterocycles. The molecule has 0 aromatic carbocycles. The summed E-state index contributed by atoms with van der Waals surface area (Å²) in [5.41, 5.74) is -0.663. The average Bonchev–Trinajstić information content (AvgIpc) is 3.21. The molecule has 152 valence electrons. The highest BCUT2D eigenvalue weighted by Crippen LogP contribution is 2.47. The van der Waals surface area contributed by atoms with Crippen LogP contribution in [-0.2, 0) is 11.3 Å². The minimum atomic E-state index is -1.02. The molecule has 3 aliphatic rings. The molecule has 4 atom stereocenters. The predicted molar refractivity (Wildman–Crippen MR) is 98.4 cm³/mol. The minimum absolute atomic E-state index is 0.104. The van der Waals surface area contributed by atoms with E-state index in [0.717, 1.165) is 6.42 Å². The topological polar surface area (TPSA) is 77.8 Å². The summed E-state index contributed by atoms with van der Waals surface area (Å²) < 4.78 is 26.6. The van der Waals surface area contributed by atoms with E-state index in [1.54, 1.807) is 16.4 Å². The van der Waals surface area contributed by atoms with E-state index in [2.05, 4.69) is 0 Å². The Morgan fingerprint density at radius 1 is 1.25 bits per heavy atom. The van der Waals surface area contributed by atoms with Gasteiger partial charge in [0.2, 0.25) is 5.43 Å². The minimum Gasteiger partial charge on any atom is -0.487 e. The van der Waals surface area contributed by atoms with Crippen molar-refractivity contribution in [1.29, 1.82) is 0 Å². The van der Waals surface area contributed by atoms with Gasteiger partial charge >= 0.3 is 5.97 Å². The summed E-state index contributed by atoms with van der Waals surface area (Å²) >= 11 is 0. The number of unbranched alkanes of at least 4 members (excludes halogenated alkanes) is 1. The maximum atomic E-state index is 14.3. The van der Waals surface area contributed by atoms with Crippen molar-refractivity contribution >= 4 is 11.9 Å². The van der Waals surface area contributed by atoms with Crippen molar-refractivity contribution < 1.29 is 23.5 Å². The van der Waals surface area contributed by atoms with Crippen LogP contribution in [0.3, 0.4) is 0 Å². The molecule has 28 heavy (non-hydrogen) atoms. The SMILES string of the molecule is CCCCOc1c2n(cc(C(=O)OCC)c1=O)C[C@@H]1[C@@H]3CC([C@@H](F)C3)N1C2=O. The molecule has 1 amide bonds. The fourth-order valence-electron chi connectivity index (χ4n) is 4.75. The van der Waals surface area contributed by atoms with E-state index in [9.17, 15) is 18.8 Å². The van der Waals surface area contributed by atoms with Crippen LogP contribution < -0.4 is 10.2 Å². The van der Waals surface area contributed by atoms with E-state index in [1.807, 2.05) is 6.92 Å². The predicted octanol–water partition coefficient (Wildman–Crippen LogP) is 2.16. The maximum Gasteiger partial charge on any atom is 0.343 e. The maximum absolute atomic E-state index is 14.3. The number of aromatic nitrogens is 1. The van der Waals surface area contributed by atoms with Crippen molar-refractivity contribution in [2.75, 3.05) is 13.2 Å². The quantitative estimate of drug-likeness (QED) is 0.548. The molecule has 0 spiro atoms. The summed E-state index contributed by atoms with van der Waals surface area (Å²) in [7, 11) is 0. The fourth-order valence-corrected chi connectivity index (χ4v) is 4.75. The van der Waals surface area contributed by atoms with Gasteiger partial charge in [-0.25, -0.2) is 9.18 Å². The van der Waals surface area contributed by atoms with Gasteiger partial charge in [0.1, 0.15) is 11.7 Å². The van der Waals surface area contributed by atoms with Gasteiger partial charge in [-0.1, -0.05) is 13.3 Å². The molecule has 1 saturated heterocycles. The highest BCUT2D eigenvalue weighted by molar-refractivity contribution is 5.98. The van der Waals surface area contributed by atoms with Gasteiger partial charge in [-0.15, -0.1) is 0 Å². The van der Waals surface area contributed by atoms with Crippen LogP contribution in [0.4, 0.5) is 4.39 Å². The number of ether oxygens (including phenoxy) is 2. The normalized spacial score (nSPS) is 27.5. The summed E-state index contributed by atoms with van der Waals surface area (Å²) in [6.45, 7) is 4.48. The molecular weight excluding hydrogens is 367 g/mol. The Balaban J connectivity index is 1.80. The Bertz CT molecular complexity index is 867. The molecular formula is C20H25FN2O5. The standard InChI is InChI=1S/C20H25FN2O5/c1-3-5-6-28-18-16-19(25)23-14-8-11(7-13(14)21)15(23)10-22(16)9-12(17(18)24)20(26)27-4-2/h9,11,13-15H,3-8,10H2,1-2H3/t11-,13-,14?,15+/m0/s1. The Labute approximate surface area is 162 Å². The van der Waals surface area contributed by atoms with Gasteiger partial charge in [0.25, 0.3) is 5.91 Å². The molecule has 0 N–H and O–H groups in total. The number of piperidine rings is 1. The Hall–Kier alpha value is -2.38. The van der Waals surface area contributed by atoms with Crippen LogP contribution in [0, 0.1) is 5.92 Å². The van der Waals surface area contributed by atoms with Gasteiger partial charge in [-0.3, -0.25) is 9.59 Å². The van der Waals surface area contributed by atoms with E-state index < -0.39 is 23.6 Å². The van der Waals surface area contributed by atoms with Gasteiger partial charge < -0.3 is 18.9 Å². The third kappa shape index (κ3) is 2.81. The molecule has 2 fully saturated rings. The van der Waals surface area contributed by atoms with Gasteiger partial charge in [0.15, 0.2) is 11.4 Å². The number of carbonyl (C=O) groups excluding carboxylic acids is 2. The number of fused-ring (bicyclic) bond motifs is 6. The largest absolute Gasteiger partial charge is 0.487 e. The van der Waals surface area contributed by atoms with Crippen molar-refractivity contribution in [3.05, 3.63) is 27.7 Å². The van der Waals surface area contributed by atoms with Gasteiger partial charge in [0.05, 0.1) is 25.3 Å². The summed E-state index contributed by atoms with van der Waals surface area (Å²) in [6.07, 6.45) is 3.05. The number of rotatable bonds is 6. The van der Waals surface area contributed by atoms with E-state index in [1.165, 1.54) is 6.20 Å². The molecule has 3 heterocycles. The molecule has 2 bridgehead atoms. The number of nitrogens with zero attached hydrogens (tertiary/aromatic N) is 2. The number of carbonyl (C=O) groups is 2. The number of amides is 1. The molecule has 4 rings (SSSR count). The van der Waals surface area contributed by atoms with Gasteiger partial charge in [0, 0.05) is 12.7 Å². The summed E-state index contributed by atoms with van der Waals surface area (Å²) in [5, 5.41) is 0. The van der Waals surface area contributed by atoms with Crippen LogP contribution in [-0.4, -0.2) is 52.8 Å². The summed E-state index contributed by atoms with van der Waals surface area (Å²) in [6, 6.07) is -0.544. The highest BCUT2D eigenvalue weighted by atomic mass is 19.1. The zero-order chi connectivity index (χ0) is 20.0. The van der Waals surface area contributed by atoms with Crippen LogP contribution in [0.2, 0.25) is 0 Å². The van der Waals surface area contributed by atoms with Crippen molar-refractivity contribution in [1.82, 2.24) is 9.47 Å². The van der Waals surface area contributed by atoms with Crippen LogP contribution >= 0.6 is 0 Å². The van der Waals surface area contributed by atoms with Crippen LogP contribution in [0.1, 0.15) is 60.4 Å². The lowest BCUT2D eigenvalue weighted by atomic mass is 9.95. The number of hydrogen-bond acceptors (Lipinski definition) is 5. The van der Waals surface area contributed by atoms with Crippen LogP contribution in [0.5, 0.6) is 5.75 Å². The summed E-state index contributed by atoms with van der Waals surface area (Å²) in [5.74, 6) is -1.13. The third-order valence-corrected chi connectivity index (χ3v) is 6.05. The van der Waals surface area contributed by atoms with Crippen molar-refractivity contribution in [3.63, 3.8) is 0 Å². The van der Waals surface area contributed by atoms with E-state index in [-0.39, 0.29) is 48.1 Å². The number of halogens is 1. The first-order valence-electron chi connectivity index (χ1n) is 10.0. The Morgan fingerprint density at radius 3 is 2.75 bits per heavy atom. The average molecular weight is 392 g/mol. The van der Waals surface area contributed by atoms with Gasteiger partial charge in [-0.05, 0) is 32.1 Å². The molecule has 8 heteroatoms. The molecule has 1 aliphatic carbocycles. The fraction of sp³-hybridized carbons (Fsp3) is 0.650. The zero-order valence-corrected chi connectivity index (χ0v) is 16.2. The smallest absolute Gasteiger partial charge is 0.343 e. The lowest BCUT2D eigenvalue weighted by Gasteiger charge is -2.41. The third-order valence-electron chi connectivity index (χ3n) is 6.05. The lowest BCUT2D eigenvalue weighted by Crippen LogP contribution is -2.55. The highest BCUT2D eigenvalue weighted by Gasteiger charge is 2.56. The van der Waals surface area contributed by atoms with E-state index in [0.29, 0.717) is 25.8 Å². The first-order valence-corrected chi connectivity index (χ1v) is 10.0. The van der Waals surface area contributed by atoms with Crippen LogP contribution in [0.15, 0.2) is 11.0 Å². The second kappa shape index (κ2) is 7.22. The van der Waals surface area contributed by atoms with Crippen molar-refractivity contribution in [2.24, 2.45) is 5.92 Å².